The first-order valence-electron chi connectivity index (χ1n) is 4.93. The van der Waals surface area contributed by atoms with Crippen LogP contribution >= 0.6 is 0 Å². The molecule has 0 bridgehead atoms. The molecular formula is C11H16N2. The topological polar surface area (TPSA) is 38.9 Å². The van der Waals surface area contributed by atoms with Gasteiger partial charge in [0, 0.05) is 6.20 Å². The van der Waals surface area contributed by atoms with Gasteiger partial charge in [-0.05, 0) is 31.4 Å². The third kappa shape index (κ3) is 1.59. The highest BCUT2D eigenvalue weighted by atomic mass is 14.8. The van der Waals surface area contributed by atoms with Crippen LogP contribution in [-0.2, 0) is 5.54 Å². The third-order valence-corrected chi connectivity index (χ3v) is 2.92. The fourth-order valence-corrected chi connectivity index (χ4v) is 2.02. The van der Waals surface area contributed by atoms with E-state index in [9.17, 15) is 0 Å². The highest BCUT2D eigenvalue weighted by molar-refractivity contribution is 5.20. The van der Waals surface area contributed by atoms with Crippen molar-refractivity contribution in [3.63, 3.8) is 0 Å². The molecule has 1 heterocycles. The predicted octanol–water partition coefficient (Wildman–Crippen LogP) is 2.12. The van der Waals surface area contributed by atoms with Gasteiger partial charge in [0.1, 0.15) is 0 Å². The van der Waals surface area contributed by atoms with E-state index in [1.807, 2.05) is 6.20 Å². The summed E-state index contributed by atoms with van der Waals surface area (Å²) in [6.07, 6.45) is 6.56. The van der Waals surface area contributed by atoms with Crippen molar-refractivity contribution < 1.29 is 0 Å². The van der Waals surface area contributed by atoms with Crippen molar-refractivity contribution in [1.29, 1.82) is 0 Å². The summed E-state index contributed by atoms with van der Waals surface area (Å²) in [5, 5.41) is 0. The molecule has 1 saturated carbocycles. The highest BCUT2D eigenvalue weighted by Gasteiger charge is 2.32. The first kappa shape index (κ1) is 8.70. The molecule has 1 aromatic rings. The van der Waals surface area contributed by atoms with Crippen LogP contribution in [0.15, 0.2) is 18.3 Å². The van der Waals surface area contributed by atoms with E-state index in [1.165, 1.54) is 18.4 Å². The minimum Gasteiger partial charge on any atom is -0.320 e. The number of pyridine rings is 1. The molecule has 0 spiro atoms. The lowest BCUT2D eigenvalue weighted by Gasteiger charge is -2.22. The summed E-state index contributed by atoms with van der Waals surface area (Å²) in [5.41, 5.74) is 8.40. The molecule has 0 aliphatic heterocycles. The number of aryl methyl sites for hydroxylation is 1. The number of hydrogen-bond donors (Lipinski definition) is 1. The van der Waals surface area contributed by atoms with E-state index < -0.39 is 0 Å². The lowest BCUT2D eigenvalue weighted by molar-refractivity contribution is 0.447. The van der Waals surface area contributed by atoms with Gasteiger partial charge in [-0.25, -0.2) is 0 Å². The normalized spacial score (nSPS) is 20.5. The van der Waals surface area contributed by atoms with E-state index in [0.717, 1.165) is 18.5 Å². The van der Waals surface area contributed by atoms with Gasteiger partial charge < -0.3 is 5.73 Å². The molecule has 0 saturated heterocycles. The maximum atomic E-state index is 6.27. The number of hydrogen-bond acceptors (Lipinski definition) is 2. The Morgan fingerprint density at radius 3 is 2.54 bits per heavy atom. The van der Waals surface area contributed by atoms with Gasteiger partial charge in [-0.3, -0.25) is 4.98 Å². The summed E-state index contributed by atoms with van der Waals surface area (Å²) in [5.74, 6) is 0. The summed E-state index contributed by atoms with van der Waals surface area (Å²) in [6, 6.07) is 4.16. The van der Waals surface area contributed by atoms with Crippen molar-refractivity contribution in [3.8, 4) is 0 Å². The Kier molecular flexibility index (Phi) is 2.08. The lowest BCUT2D eigenvalue weighted by atomic mass is 9.94. The number of aromatic nitrogens is 1. The molecule has 1 fully saturated rings. The first-order valence-corrected chi connectivity index (χ1v) is 4.93. The molecule has 13 heavy (non-hydrogen) atoms. The second-order valence-electron chi connectivity index (χ2n) is 4.08. The molecule has 0 radical (unpaired) electrons. The van der Waals surface area contributed by atoms with Gasteiger partial charge in [0.05, 0.1) is 11.2 Å². The van der Waals surface area contributed by atoms with Gasteiger partial charge in [0.25, 0.3) is 0 Å². The van der Waals surface area contributed by atoms with E-state index in [4.69, 9.17) is 5.73 Å². The molecule has 1 aliphatic rings. The molecule has 2 rings (SSSR count). The van der Waals surface area contributed by atoms with Gasteiger partial charge in [0.15, 0.2) is 0 Å². The lowest BCUT2D eigenvalue weighted by Crippen LogP contribution is -2.34. The minimum absolute atomic E-state index is 0.131. The van der Waals surface area contributed by atoms with Crippen LogP contribution in [0.3, 0.4) is 0 Å². The fourth-order valence-electron chi connectivity index (χ4n) is 2.02. The van der Waals surface area contributed by atoms with Crippen molar-refractivity contribution in [1.82, 2.24) is 4.98 Å². The van der Waals surface area contributed by atoms with Crippen molar-refractivity contribution in [2.45, 2.75) is 38.1 Å². The van der Waals surface area contributed by atoms with Crippen molar-refractivity contribution in [2.24, 2.45) is 5.73 Å². The Hall–Kier alpha value is -0.890. The molecule has 1 aliphatic carbocycles. The van der Waals surface area contributed by atoms with E-state index >= 15 is 0 Å². The predicted molar refractivity (Wildman–Crippen MR) is 53.3 cm³/mol. The molecule has 70 valence electrons. The zero-order valence-electron chi connectivity index (χ0n) is 8.09. The zero-order valence-corrected chi connectivity index (χ0v) is 8.09. The smallest absolute Gasteiger partial charge is 0.0602 e. The monoisotopic (exact) mass is 176 g/mol. The van der Waals surface area contributed by atoms with Crippen molar-refractivity contribution >= 4 is 0 Å². The minimum atomic E-state index is -0.131. The van der Waals surface area contributed by atoms with E-state index in [2.05, 4.69) is 24.0 Å². The van der Waals surface area contributed by atoms with Gasteiger partial charge in [-0.1, -0.05) is 18.9 Å². The Labute approximate surface area is 79.2 Å². The van der Waals surface area contributed by atoms with Crippen LogP contribution in [0.1, 0.15) is 36.9 Å². The van der Waals surface area contributed by atoms with E-state index in [0.29, 0.717) is 0 Å². The SMILES string of the molecule is Cc1ccc(C2(N)CCCC2)nc1. The molecule has 2 nitrogen and oxygen atoms in total. The van der Waals surface area contributed by atoms with Crippen LogP contribution in [0.25, 0.3) is 0 Å². The van der Waals surface area contributed by atoms with Crippen LogP contribution < -0.4 is 5.73 Å². The number of nitrogens with zero attached hydrogens (tertiary/aromatic N) is 1. The molecule has 0 amide bonds. The van der Waals surface area contributed by atoms with Gasteiger partial charge in [0.2, 0.25) is 0 Å². The number of rotatable bonds is 1. The van der Waals surface area contributed by atoms with Gasteiger partial charge >= 0.3 is 0 Å². The maximum absolute atomic E-state index is 6.27. The maximum Gasteiger partial charge on any atom is 0.0602 e. The summed E-state index contributed by atoms with van der Waals surface area (Å²) in [6.45, 7) is 2.05. The van der Waals surface area contributed by atoms with Crippen LogP contribution in [0, 0.1) is 6.92 Å². The van der Waals surface area contributed by atoms with Gasteiger partial charge in [-0.2, -0.15) is 0 Å². The summed E-state index contributed by atoms with van der Waals surface area (Å²) < 4.78 is 0. The number of nitrogens with two attached hydrogens (primary N) is 1. The van der Waals surface area contributed by atoms with Crippen LogP contribution in [-0.4, -0.2) is 4.98 Å². The molecule has 2 heteroatoms. The zero-order chi connectivity index (χ0) is 9.31. The third-order valence-electron chi connectivity index (χ3n) is 2.92. The average Bonchev–Trinajstić information content (AvgIpc) is 2.54. The molecule has 0 aromatic carbocycles. The Balaban J connectivity index is 2.29. The Bertz CT molecular complexity index is 283. The standard InChI is InChI=1S/C11H16N2/c1-9-4-5-10(13-8-9)11(12)6-2-3-7-11/h4-5,8H,2-3,6-7,12H2,1H3. The molecular weight excluding hydrogens is 160 g/mol. The summed E-state index contributed by atoms with van der Waals surface area (Å²) >= 11 is 0. The molecule has 1 aromatic heterocycles. The second-order valence-corrected chi connectivity index (χ2v) is 4.08. The summed E-state index contributed by atoms with van der Waals surface area (Å²) in [4.78, 5) is 4.41. The quantitative estimate of drug-likeness (QED) is 0.711. The van der Waals surface area contributed by atoms with Gasteiger partial charge in [-0.15, -0.1) is 0 Å². The van der Waals surface area contributed by atoms with Crippen LogP contribution in [0.4, 0.5) is 0 Å². The Morgan fingerprint density at radius 1 is 1.31 bits per heavy atom. The van der Waals surface area contributed by atoms with E-state index in [1.54, 1.807) is 0 Å². The fraction of sp³-hybridized carbons (Fsp3) is 0.545. The average molecular weight is 176 g/mol. The largest absolute Gasteiger partial charge is 0.320 e. The van der Waals surface area contributed by atoms with Crippen molar-refractivity contribution in [3.05, 3.63) is 29.6 Å². The molecule has 0 unspecified atom stereocenters. The van der Waals surface area contributed by atoms with E-state index in [-0.39, 0.29) is 5.54 Å². The summed E-state index contributed by atoms with van der Waals surface area (Å²) in [7, 11) is 0. The second kappa shape index (κ2) is 3.11. The van der Waals surface area contributed by atoms with Crippen LogP contribution in [0.5, 0.6) is 0 Å². The van der Waals surface area contributed by atoms with Crippen molar-refractivity contribution in [2.75, 3.05) is 0 Å². The van der Waals surface area contributed by atoms with Crippen LogP contribution in [0.2, 0.25) is 0 Å². The molecule has 2 N–H and O–H groups in total. The molecule has 0 atom stereocenters. The Morgan fingerprint density at radius 2 is 2.00 bits per heavy atom. The first-order chi connectivity index (χ1) is 6.21. The highest BCUT2D eigenvalue weighted by Crippen LogP contribution is 2.34.